The normalized spacial score (nSPS) is 11.2. The minimum absolute atomic E-state index is 0.191. The molecule has 0 saturated heterocycles. The number of rotatable bonds is 9. The molecule has 3 heterocycles. The van der Waals surface area contributed by atoms with Gasteiger partial charge >= 0.3 is 0 Å². The summed E-state index contributed by atoms with van der Waals surface area (Å²) in [6, 6.07) is 13.8. The number of fused-ring (bicyclic) bond motifs is 2. The van der Waals surface area contributed by atoms with Crippen molar-refractivity contribution in [2.24, 2.45) is 0 Å². The van der Waals surface area contributed by atoms with Crippen LogP contribution in [0.2, 0.25) is 0 Å². The molecule has 2 aromatic carbocycles. The maximum atomic E-state index is 13.3. The lowest BCUT2D eigenvalue weighted by molar-refractivity contribution is 0.0978. The van der Waals surface area contributed by atoms with E-state index in [2.05, 4.69) is 27.2 Å². The Morgan fingerprint density at radius 1 is 0.974 bits per heavy atom. The van der Waals surface area contributed by atoms with Crippen LogP contribution in [0.4, 0.5) is 11.5 Å². The zero-order valence-corrected chi connectivity index (χ0v) is 22.3. The van der Waals surface area contributed by atoms with Gasteiger partial charge in [-0.05, 0) is 30.5 Å². The number of anilines is 2. The Labute approximate surface area is 225 Å². The van der Waals surface area contributed by atoms with E-state index in [1.54, 1.807) is 11.6 Å². The summed E-state index contributed by atoms with van der Waals surface area (Å²) in [5, 5.41) is 6.74. The summed E-state index contributed by atoms with van der Waals surface area (Å²) in [4.78, 5) is 38.7. The highest BCUT2D eigenvalue weighted by Crippen LogP contribution is 2.32. The van der Waals surface area contributed by atoms with Gasteiger partial charge in [0, 0.05) is 40.8 Å². The van der Waals surface area contributed by atoms with Gasteiger partial charge in [0.2, 0.25) is 0 Å². The summed E-state index contributed by atoms with van der Waals surface area (Å²) >= 11 is 1.36. The average Bonchev–Trinajstić information content (AvgIpc) is 3.37. The molecule has 0 unspecified atom stereocenters. The molecule has 0 aliphatic carbocycles. The number of hydrogen-bond acceptors (Lipinski definition) is 7. The third-order valence-electron chi connectivity index (χ3n) is 6.76. The highest BCUT2D eigenvalue weighted by atomic mass is 32.1. The number of benzene rings is 2. The number of nitrogens with zero attached hydrogens (tertiary/aromatic N) is 3. The first-order valence-corrected chi connectivity index (χ1v) is 13.6. The topological polar surface area (TPSA) is 111 Å². The molecule has 192 valence electrons. The lowest BCUT2D eigenvalue weighted by Gasteiger charge is -2.14. The number of carbonyl (C=O) groups excluding carboxylic acids is 2. The van der Waals surface area contributed by atoms with Crippen molar-refractivity contribution < 1.29 is 9.59 Å². The molecule has 0 bridgehead atoms. The molecule has 0 aliphatic heterocycles. The van der Waals surface area contributed by atoms with Crippen LogP contribution >= 0.6 is 11.3 Å². The fourth-order valence-corrected chi connectivity index (χ4v) is 5.53. The Hall–Kier alpha value is -4.17. The first-order chi connectivity index (χ1) is 18.5. The van der Waals surface area contributed by atoms with Crippen molar-refractivity contribution in [1.29, 1.82) is 0 Å². The first kappa shape index (κ1) is 25.5. The molecule has 3 aromatic heterocycles. The predicted octanol–water partition coefficient (Wildman–Crippen LogP) is 6.74. The fourth-order valence-electron chi connectivity index (χ4n) is 4.62. The van der Waals surface area contributed by atoms with Gasteiger partial charge in [-0.3, -0.25) is 14.6 Å². The molecule has 0 saturated carbocycles. The number of nitrogen functional groups attached to an aromatic ring is 1. The van der Waals surface area contributed by atoms with E-state index in [0.717, 1.165) is 58.1 Å². The molecular weight excluding hydrogens is 494 g/mol. The molecule has 0 spiro atoms. The van der Waals surface area contributed by atoms with Gasteiger partial charge in [-0.2, -0.15) is 0 Å². The van der Waals surface area contributed by atoms with Crippen LogP contribution in [-0.2, 0) is 6.42 Å². The van der Waals surface area contributed by atoms with Gasteiger partial charge in [-0.25, -0.2) is 9.97 Å². The SMILES string of the molecule is CCCCCC(=O)c1ccc(Cc2nccc3c(NC(=O)c4csc5c(N)ncnc45)c(C)ccc23)cc1. The van der Waals surface area contributed by atoms with E-state index in [4.69, 9.17) is 5.73 Å². The minimum Gasteiger partial charge on any atom is -0.382 e. The van der Waals surface area contributed by atoms with Crippen LogP contribution in [0, 0.1) is 6.92 Å². The van der Waals surface area contributed by atoms with E-state index in [0.29, 0.717) is 34.4 Å². The van der Waals surface area contributed by atoms with Crippen molar-refractivity contribution in [3.05, 3.63) is 88.3 Å². The van der Waals surface area contributed by atoms with E-state index in [1.807, 2.05) is 49.4 Å². The highest BCUT2D eigenvalue weighted by molar-refractivity contribution is 7.18. The third kappa shape index (κ3) is 5.13. The molecule has 8 heteroatoms. The summed E-state index contributed by atoms with van der Waals surface area (Å²) < 4.78 is 0.701. The van der Waals surface area contributed by atoms with Crippen LogP contribution in [0.1, 0.15) is 70.1 Å². The van der Waals surface area contributed by atoms with Gasteiger partial charge < -0.3 is 11.1 Å². The molecule has 0 radical (unpaired) electrons. The van der Waals surface area contributed by atoms with Crippen LogP contribution in [0.15, 0.2) is 60.4 Å². The highest BCUT2D eigenvalue weighted by Gasteiger charge is 2.18. The smallest absolute Gasteiger partial charge is 0.258 e. The number of aryl methyl sites for hydroxylation is 1. The number of pyridine rings is 1. The number of nitrogens with one attached hydrogen (secondary N) is 1. The molecule has 38 heavy (non-hydrogen) atoms. The van der Waals surface area contributed by atoms with E-state index in [1.165, 1.54) is 17.7 Å². The quantitative estimate of drug-likeness (QED) is 0.164. The Morgan fingerprint density at radius 2 is 1.79 bits per heavy atom. The molecule has 5 rings (SSSR count). The monoisotopic (exact) mass is 523 g/mol. The van der Waals surface area contributed by atoms with Gasteiger partial charge in [0.15, 0.2) is 5.78 Å². The lowest BCUT2D eigenvalue weighted by Crippen LogP contribution is -2.13. The van der Waals surface area contributed by atoms with Gasteiger partial charge in [0.1, 0.15) is 12.1 Å². The van der Waals surface area contributed by atoms with Crippen LogP contribution in [0.25, 0.3) is 21.0 Å². The molecule has 5 aromatic rings. The van der Waals surface area contributed by atoms with Gasteiger partial charge in [0.25, 0.3) is 5.91 Å². The van der Waals surface area contributed by atoms with Crippen LogP contribution < -0.4 is 11.1 Å². The Balaban J connectivity index is 1.40. The summed E-state index contributed by atoms with van der Waals surface area (Å²) in [6.07, 6.45) is 7.45. The second-order valence-electron chi connectivity index (χ2n) is 9.40. The summed E-state index contributed by atoms with van der Waals surface area (Å²) in [5.41, 5.74) is 11.4. The molecular formula is C30H29N5O2S. The van der Waals surface area contributed by atoms with Crippen molar-refractivity contribution in [2.45, 2.75) is 46.0 Å². The zero-order valence-electron chi connectivity index (χ0n) is 21.5. The largest absolute Gasteiger partial charge is 0.382 e. The third-order valence-corrected chi connectivity index (χ3v) is 7.75. The predicted molar refractivity (Wildman–Crippen MR) is 154 cm³/mol. The number of thiophene rings is 1. The number of unbranched alkanes of at least 4 members (excludes halogenated alkanes) is 2. The van der Waals surface area contributed by atoms with Crippen molar-refractivity contribution in [2.75, 3.05) is 11.1 Å². The Morgan fingerprint density at radius 3 is 2.58 bits per heavy atom. The molecule has 7 nitrogen and oxygen atoms in total. The van der Waals surface area contributed by atoms with Crippen LogP contribution in [0.5, 0.6) is 0 Å². The zero-order chi connectivity index (χ0) is 26.6. The van der Waals surface area contributed by atoms with E-state index >= 15 is 0 Å². The van der Waals surface area contributed by atoms with E-state index in [-0.39, 0.29) is 11.7 Å². The van der Waals surface area contributed by atoms with Gasteiger partial charge in [-0.1, -0.05) is 56.2 Å². The summed E-state index contributed by atoms with van der Waals surface area (Å²) in [5.74, 6) is 0.309. The molecule has 0 fully saturated rings. The molecule has 3 N–H and O–H groups in total. The van der Waals surface area contributed by atoms with Crippen molar-refractivity contribution in [1.82, 2.24) is 15.0 Å². The molecule has 0 aliphatic rings. The van der Waals surface area contributed by atoms with Crippen molar-refractivity contribution in [3.63, 3.8) is 0 Å². The maximum absolute atomic E-state index is 13.3. The number of aromatic nitrogens is 3. The number of hydrogen-bond donors (Lipinski definition) is 2. The van der Waals surface area contributed by atoms with Crippen LogP contribution in [-0.4, -0.2) is 26.6 Å². The van der Waals surface area contributed by atoms with E-state index in [9.17, 15) is 9.59 Å². The van der Waals surface area contributed by atoms with Crippen molar-refractivity contribution in [3.8, 4) is 0 Å². The molecule has 1 amide bonds. The minimum atomic E-state index is -0.248. The van der Waals surface area contributed by atoms with Gasteiger partial charge in [0.05, 0.1) is 27.2 Å². The Bertz CT molecular complexity index is 1640. The lowest BCUT2D eigenvalue weighted by atomic mass is 9.98. The summed E-state index contributed by atoms with van der Waals surface area (Å²) in [7, 11) is 0. The standard InChI is InChI=1S/C30H29N5O2S/c1-3-4-5-6-25(36)20-10-8-19(9-11-20)15-24-21-12-7-18(2)26(22(21)13-14-32-24)35-30(37)23-16-38-28-27(23)33-17-34-29(28)31/h7-14,16-17H,3-6,15H2,1-2H3,(H,35,37)(H2,31,33,34). The number of amides is 1. The summed E-state index contributed by atoms with van der Waals surface area (Å²) in [6.45, 7) is 4.10. The Kier molecular flexibility index (Phi) is 7.42. The maximum Gasteiger partial charge on any atom is 0.258 e. The number of carbonyl (C=O) groups is 2. The fraction of sp³-hybridized carbons (Fsp3) is 0.233. The second kappa shape index (κ2) is 11.1. The first-order valence-electron chi connectivity index (χ1n) is 12.7. The average molecular weight is 524 g/mol. The molecule has 0 atom stereocenters. The van der Waals surface area contributed by atoms with Crippen LogP contribution in [0.3, 0.4) is 0 Å². The second-order valence-corrected chi connectivity index (χ2v) is 10.3. The van der Waals surface area contributed by atoms with E-state index < -0.39 is 0 Å². The number of ketones is 1. The van der Waals surface area contributed by atoms with Crippen molar-refractivity contribution >= 4 is 55.5 Å². The number of nitrogens with two attached hydrogens (primary N) is 1. The van der Waals surface area contributed by atoms with Gasteiger partial charge in [-0.15, -0.1) is 11.3 Å². The number of Topliss-reactive ketones (excluding diaryl/α,β-unsaturated/α-hetero) is 1.